The van der Waals surface area contributed by atoms with Crippen LogP contribution in [0.1, 0.15) is 22.3 Å². The van der Waals surface area contributed by atoms with Crippen molar-refractivity contribution in [1.29, 1.82) is 0 Å². The van der Waals surface area contributed by atoms with Crippen molar-refractivity contribution in [3.05, 3.63) is 52.6 Å². The minimum atomic E-state index is 0.0121. The van der Waals surface area contributed by atoms with Gasteiger partial charge in [0, 0.05) is 11.3 Å². The molecule has 2 aromatic rings. The van der Waals surface area contributed by atoms with E-state index in [-0.39, 0.29) is 5.91 Å². The summed E-state index contributed by atoms with van der Waals surface area (Å²) in [5.41, 5.74) is 5.39. The predicted molar refractivity (Wildman–Crippen MR) is 104 cm³/mol. The molecule has 0 aliphatic heterocycles. The van der Waals surface area contributed by atoms with Crippen molar-refractivity contribution in [3.8, 4) is 11.5 Å². The van der Waals surface area contributed by atoms with Crippen LogP contribution >= 0.6 is 0 Å². The topological polar surface area (TPSA) is 52.0 Å². The number of hydrogen-bond donors (Lipinski definition) is 2. The number of ether oxygens (including phenoxy) is 2. The van der Waals surface area contributed by atoms with Crippen molar-refractivity contribution in [2.75, 3.05) is 33.1 Å². The third-order valence-corrected chi connectivity index (χ3v) is 4.36. The lowest BCUT2D eigenvalue weighted by molar-refractivity contribution is -0.885. The maximum Gasteiger partial charge on any atom is 0.279 e. The summed E-state index contributed by atoms with van der Waals surface area (Å²) in [6.45, 7) is 7.22. The molecule has 5 heteroatoms. The lowest BCUT2D eigenvalue weighted by Crippen LogP contribution is -3.08. The van der Waals surface area contributed by atoms with Gasteiger partial charge >= 0.3 is 0 Å². The van der Waals surface area contributed by atoms with Gasteiger partial charge in [-0.1, -0.05) is 17.7 Å². The Kier molecular flexibility index (Phi) is 6.64. The van der Waals surface area contributed by atoms with Crippen molar-refractivity contribution in [2.24, 2.45) is 0 Å². The van der Waals surface area contributed by atoms with Crippen LogP contribution in [0.5, 0.6) is 11.5 Å². The Bertz CT molecular complexity index is 764. The summed E-state index contributed by atoms with van der Waals surface area (Å²) >= 11 is 0. The van der Waals surface area contributed by atoms with Gasteiger partial charge in [0.25, 0.3) is 5.91 Å². The molecule has 0 saturated carbocycles. The van der Waals surface area contributed by atoms with Gasteiger partial charge in [-0.15, -0.1) is 0 Å². The van der Waals surface area contributed by atoms with Crippen molar-refractivity contribution in [2.45, 2.75) is 27.3 Å². The van der Waals surface area contributed by atoms with Crippen molar-refractivity contribution in [3.63, 3.8) is 0 Å². The first-order valence-electron chi connectivity index (χ1n) is 8.74. The normalized spacial score (nSPS) is 11.8. The summed E-state index contributed by atoms with van der Waals surface area (Å²) in [5, 5.41) is 3.06. The maximum atomic E-state index is 12.4. The molecular weight excluding hydrogens is 328 g/mol. The lowest BCUT2D eigenvalue weighted by atomic mass is 10.1. The van der Waals surface area contributed by atoms with Crippen LogP contribution in [0.3, 0.4) is 0 Å². The number of amides is 1. The minimum Gasteiger partial charge on any atom is -0.493 e. The fraction of sp³-hybridized carbons (Fsp3) is 0.381. The SMILES string of the molecule is COc1ccc(C[NH+](C)CC(=O)Nc2c(C)cc(C)cc2C)cc1OC. The number of nitrogens with one attached hydrogen (secondary N) is 2. The number of benzene rings is 2. The van der Waals surface area contributed by atoms with Crippen LogP contribution in [0.15, 0.2) is 30.3 Å². The number of anilines is 1. The molecule has 2 aromatic carbocycles. The van der Waals surface area contributed by atoms with Gasteiger partial charge in [0.15, 0.2) is 18.0 Å². The Balaban J connectivity index is 1.99. The van der Waals surface area contributed by atoms with Crippen molar-refractivity contribution < 1.29 is 19.2 Å². The smallest absolute Gasteiger partial charge is 0.279 e. The Morgan fingerprint density at radius 3 is 2.19 bits per heavy atom. The fourth-order valence-electron chi connectivity index (χ4n) is 3.24. The van der Waals surface area contributed by atoms with Crippen LogP contribution in [-0.2, 0) is 11.3 Å². The molecule has 0 aliphatic rings. The summed E-state index contributed by atoms with van der Waals surface area (Å²) in [7, 11) is 5.25. The van der Waals surface area contributed by atoms with Crippen LogP contribution < -0.4 is 19.7 Å². The minimum absolute atomic E-state index is 0.0121. The zero-order valence-corrected chi connectivity index (χ0v) is 16.5. The van der Waals surface area contributed by atoms with E-state index >= 15 is 0 Å². The molecule has 1 atom stereocenters. The number of aryl methyl sites for hydroxylation is 3. The van der Waals surface area contributed by atoms with E-state index in [0.717, 1.165) is 33.8 Å². The van der Waals surface area contributed by atoms with Gasteiger partial charge in [-0.2, -0.15) is 0 Å². The first-order chi connectivity index (χ1) is 12.3. The second-order valence-electron chi connectivity index (χ2n) is 6.82. The second kappa shape index (κ2) is 8.72. The quantitative estimate of drug-likeness (QED) is 0.799. The molecule has 0 aliphatic carbocycles. The molecule has 1 amide bonds. The van der Waals surface area contributed by atoms with Crippen LogP contribution in [0, 0.1) is 20.8 Å². The number of quaternary nitrogens is 1. The average molecular weight is 357 g/mol. The van der Waals surface area contributed by atoms with Gasteiger partial charge in [0.1, 0.15) is 6.54 Å². The van der Waals surface area contributed by atoms with Gasteiger partial charge in [0.05, 0.1) is 21.3 Å². The zero-order chi connectivity index (χ0) is 19.3. The molecular formula is C21H29N2O3+. The number of likely N-dealkylation sites (N-methyl/N-ethyl adjacent to an activating group) is 1. The molecule has 2 N–H and O–H groups in total. The maximum absolute atomic E-state index is 12.4. The Morgan fingerprint density at radius 2 is 1.62 bits per heavy atom. The zero-order valence-electron chi connectivity index (χ0n) is 16.5. The second-order valence-corrected chi connectivity index (χ2v) is 6.82. The summed E-state index contributed by atoms with van der Waals surface area (Å²) in [5.74, 6) is 1.42. The van der Waals surface area contributed by atoms with Gasteiger partial charge in [-0.25, -0.2) is 0 Å². The number of carbonyl (C=O) groups is 1. The highest BCUT2D eigenvalue weighted by Gasteiger charge is 2.14. The van der Waals surface area contributed by atoms with E-state index in [1.165, 1.54) is 5.56 Å². The third-order valence-electron chi connectivity index (χ3n) is 4.36. The molecule has 5 nitrogen and oxygen atoms in total. The first kappa shape index (κ1) is 19.8. The molecule has 0 spiro atoms. The van der Waals surface area contributed by atoms with E-state index in [2.05, 4.69) is 24.4 Å². The molecule has 2 rings (SSSR count). The molecule has 0 heterocycles. The molecule has 26 heavy (non-hydrogen) atoms. The lowest BCUT2D eigenvalue weighted by Gasteiger charge is -2.17. The monoisotopic (exact) mass is 357 g/mol. The van der Waals surface area contributed by atoms with Gasteiger partial charge in [0.2, 0.25) is 0 Å². The van der Waals surface area contributed by atoms with E-state index in [1.54, 1.807) is 14.2 Å². The Hall–Kier alpha value is -2.53. The summed E-state index contributed by atoms with van der Waals surface area (Å²) < 4.78 is 10.6. The predicted octanol–water partition coefficient (Wildman–Crippen LogP) is 2.28. The first-order valence-corrected chi connectivity index (χ1v) is 8.74. The Labute approximate surface area is 155 Å². The van der Waals surface area contributed by atoms with Gasteiger partial charge < -0.3 is 19.7 Å². The van der Waals surface area contributed by atoms with Gasteiger partial charge in [-0.3, -0.25) is 4.79 Å². The number of carbonyl (C=O) groups excluding carboxylic acids is 1. The molecule has 0 fully saturated rings. The molecule has 1 unspecified atom stereocenters. The summed E-state index contributed by atoms with van der Waals surface area (Å²) in [4.78, 5) is 13.5. The van der Waals surface area contributed by atoms with Crippen molar-refractivity contribution in [1.82, 2.24) is 0 Å². The van der Waals surface area contributed by atoms with E-state index in [4.69, 9.17) is 9.47 Å². The highest BCUT2D eigenvalue weighted by molar-refractivity contribution is 5.93. The summed E-state index contributed by atoms with van der Waals surface area (Å²) in [6, 6.07) is 10.0. The highest BCUT2D eigenvalue weighted by Crippen LogP contribution is 2.27. The van der Waals surface area contributed by atoms with E-state index in [0.29, 0.717) is 18.0 Å². The Morgan fingerprint density at radius 1 is 1.00 bits per heavy atom. The number of rotatable bonds is 7. The number of hydrogen-bond acceptors (Lipinski definition) is 3. The largest absolute Gasteiger partial charge is 0.493 e. The highest BCUT2D eigenvalue weighted by atomic mass is 16.5. The number of methoxy groups -OCH3 is 2. The van der Waals surface area contributed by atoms with Crippen LogP contribution in [-0.4, -0.2) is 33.7 Å². The van der Waals surface area contributed by atoms with Crippen LogP contribution in [0.4, 0.5) is 5.69 Å². The molecule has 0 radical (unpaired) electrons. The van der Waals surface area contributed by atoms with E-state index in [9.17, 15) is 4.79 Å². The molecule has 0 bridgehead atoms. The molecule has 140 valence electrons. The third kappa shape index (κ3) is 4.99. The fourth-order valence-corrected chi connectivity index (χ4v) is 3.24. The standard InChI is InChI=1S/C21H28N2O3/c1-14-9-15(2)21(16(3)10-14)22-20(24)13-23(4)12-17-7-8-18(25-5)19(11-17)26-6/h7-11H,12-13H2,1-6H3,(H,22,24)/p+1. The average Bonchev–Trinajstić information content (AvgIpc) is 2.57. The van der Waals surface area contributed by atoms with Crippen molar-refractivity contribution >= 4 is 11.6 Å². The van der Waals surface area contributed by atoms with Crippen LogP contribution in [0.2, 0.25) is 0 Å². The molecule has 0 aromatic heterocycles. The van der Waals surface area contributed by atoms with Crippen LogP contribution in [0.25, 0.3) is 0 Å². The van der Waals surface area contributed by atoms with Gasteiger partial charge in [-0.05, 0) is 50.1 Å². The van der Waals surface area contributed by atoms with E-state index in [1.807, 2.05) is 39.1 Å². The molecule has 0 saturated heterocycles. The van der Waals surface area contributed by atoms with E-state index < -0.39 is 0 Å². The summed E-state index contributed by atoms with van der Waals surface area (Å²) in [6.07, 6.45) is 0.